The fourth-order valence-corrected chi connectivity index (χ4v) is 3.43. The summed E-state index contributed by atoms with van der Waals surface area (Å²) in [7, 11) is 0. The van der Waals surface area contributed by atoms with Gasteiger partial charge < -0.3 is 5.32 Å². The molecule has 0 spiro atoms. The second-order valence-electron chi connectivity index (χ2n) is 5.53. The van der Waals surface area contributed by atoms with E-state index in [4.69, 9.17) is 9.97 Å². The molecule has 0 bridgehead atoms. The molecule has 0 saturated heterocycles. The molecule has 2 heterocycles. The first-order valence-electron chi connectivity index (χ1n) is 7.41. The van der Waals surface area contributed by atoms with Crippen LogP contribution in [-0.4, -0.2) is 16.5 Å². The van der Waals surface area contributed by atoms with Crippen molar-refractivity contribution in [1.29, 1.82) is 0 Å². The minimum Gasteiger partial charge on any atom is -0.369 e. The maximum atomic E-state index is 4.80. The van der Waals surface area contributed by atoms with Crippen molar-refractivity contribution in [2.24, 2.45) is 5.92 Å². The van der Waals surface area contributed by atoms with E-state index < -0.39 is 0 Å². The summed E-state index contributed by atoms with van der Waals surface area (Å²) in [6, 6.07) is 4.23. The van der Waals surface area contributed by atoms with Gasteiger partial charge in [0.1, 0.15) is 11.6 Å². The van der Waals surface area contributed by atoms with Gasteiger partial charge in [-0.2, -0.15) is 0 Å². The quantitative estimate of drug-likeness (QED) is 0.663. The van der Waals surface area contributed by atoms with E-state index >= 15 is 0 Å². The summed E-state index contributed by atoms with van der Waals surface area (Å²) in [4.78, 5) is 10.8. The first-order chi connectivity index (χ1) is 10.1. The third-order valence-electron chi connectivity index (χ3n) is 3.02. The second-order valence-corrected chi connectivity index (χ2v) is 7.64. The lowest BCUT2D eigenvalue weighted by Gasteiger charge is -2.14. The number of aromatic nitrogens is 2. The lowest BCUT2D eigenvalue weighted by atomic mass is 10.1. The van der Waals surface area contributed by atoms with Crippen molar-refractivity contribution in [1.82, 2.24) is 9.97 Å². The molecule has 0 saturated carbocycles. The Morgan fingerprint density at radius 3 is 2.76 bits per heavy atom. The van der Waals surface area contributed by atoms with Crippen molar-refractivity contribution in [3.63, 3.8) is 0 Å². The molecule has 0 aliphatic rings. The van der Waals surface area contributed by atoms with Crippen molar-refractivity contribution in [2.45, 2.75) is 40.0 Å². The average molecular weight is 415 g/mol. The molecular weight excluding hydrogens is 393 g/mol. The highest BCUT2D eigenvalue weighted by atomic mass is 127. The summed E-state index contributed by atoms with van der Waals surface area (Å²) >= 11 is 4.14. The molecule has 0 fully saturated rings. The number of hydrogen-bond donors (Lipinski definition) is 1. The molecular formula is C16H22IN3S. The molecule has 3 nitrogen and oxygen atoms in total. The van der Waals surface area contributed by atoms with Gasteiger partial charge in [0.05, 0.1) is 9.26 Å². The van der Waals surface area contributed by atoms with Gasteiger partial charge in [0.15, 0.2) is 0 Å². The summed E-state index contributed by atoms with van der Waals surface area (Å²) in [5.74, 6) is 2.52. The molecule has 114 valence electrons. The third kappa shape index (κ3) is 4.92. The molecule has 5 heteroatoms. The summed E-state index contributed by atoms with van der Waals surface area (Å²) in [5, 5.41) is 5.55. The maximum Gasteiger partial charge on any atom is 0.143 e. The van der Waals surface area contributed by atoms with E-state index in [1.807, 2.05) is 0 Å². The summed E-state index contributed by atoms with van der Waals surface area (Å²) < 4.78 is 1.17. The fourth-order valence-electron chi connectivity index (χ4n) is 2.08. The molecule has 0 unspecified atom stereocenters. The molecule has 0 aliphatic carbocycles. The zero-order valence-corrected chi connectivity index (χ0v) is 15.8. The number of rotatable bonds is 7. The van der Waals surface area contributed by atoms with Gasteiger partial charge in [-0.25, -0.2) is 9.97 Å². The predicted molar refractivity (Wildman–Crippen MR) is 99.2 cm³/mol. The normalized spacial score (nSPS) is 11.1. The van der Waals surface area contributed by atoms with Crippen LogP contribution in [0.2, 0.25) is 0 Å². The van der Waals surface area contributed by atoms with Crippen LogP contribution in [0.1, 0.15) is 43.6 Å². The maximum absolute atomic E-state index is 4.80. The van der Waals surface area contributed by atoms with E-state index in [1.165, 1.54) is 14.1 Å². The van der Waals surface area contributed by atoms with Crippen molar-refractivity contribution in [3.8, 4) is 0 Å². The smallest absolute Gasteiger partial charge is 0.143 e. The van der Waals surface area contributed by atoms with E-state index in [-0.39, 0.29) is 0 Å². The lowest BCUT2D eigenvalue weighted by molar-refractivity contribution is 0.628. The van der Waals surface area contributed by atoms with Crippen molar-refractivity contribution >= 4 is 39.7 Å². The van der Waals surface area contributed by atoms with Gasteiger partial charge >= 0.3 is 0 Å². The standard InChI is InChI=1S/C16H22IN3S/c1-4-7-18-16-15(17)13(9-11(2)3)19-14(20-16)10-12-6-5-8-21-12/h5-6,8,11H,4,7,9-10H2,1-3H3,(H,18,19,20). The topological polar surface area (TPSA) is 37.8 Å². The van der Waals surface area contributed by atoms with Crippen LogP contribution in [-0.2, 0) is 12.8 Å². The van der Waals surface area contributed by atoms with Gasteiger partial charge in [-0.15, -0.1) is 11.3 Å². The van der Waals surface area contributed by atoms with E-state index in [1.54, 1.807) is 11.3 Å². The van der Waals surface area contributed by atoms with Crippen molar-refractivity contribution in [2.75, 3.05) is 11.9 Å². The van der Waals surface area contributed by atoms with Crippen molar-refractivity contribution < 1.29 is 0 Å². The highest BCUT2D eigenvalue weighted by Gasteiger charge is 2.13. The fraction of sp³-hybridized carbons (Fsp3) is 0.500. The van der Waals surface area contributed by atoms with E-state index in [0.29, 0.717) is 5.92 Å². The first-order valence-corrected chi connectivity index (χ1v) is 9.37. The lowest BCUT2D eigenvalue weighted by Crippen LogP contribution is -2.12. The Hall–Kier alpha value is -0.690. The molecule has 2 aromatic rings. The molecule has 0 radical (unpaired) electrons. The average Bonchev–Trinajstić information content (AvgIpc) is 2.93. The molecule has 0 atom stereocenters. The van der Waals surface area contributed by atoms with Gasteiger partial charge in [-0.3, -0.25) is 0 Å². The molecule has 0 aliphatic heterocycles. The number of nitrogens with zero attached hydrogens (tertiary/aromatic N) is 2. The zero-order chi connectivity index (χ0) is 15.2. The van der Waals surface area contributed by atoms with Crippen LogP contribution in [0.4, 0.5) is 5.82 Å². The molecule has 1 N–H and O–H groups in total. The Kier molecular flexibility index (Phi) is 6.41. The van der Waals surface area contributed by atoms with Crippen LogP contribution in [0.5, 0.6) is 0 Å². The Morgan fingerprint density at radius 1 is 1.33 bits per heavy atom. The van der Waals surface area contributed by atoms with Crippen LogP contribution >= 0.6 is 33.9 Å². The van der Waals surface area contributed by atoms with E-state index in [0.717, 1.165) is 37.4 Å². The predicted octanol–water partition coefficient (Wildman–Crippen LogP) is 4.75. The van der Waals surface area contributed by atoms with E-state index in [2.05, 4.69) is 66.2 Å². The highest BCUT2D eigenvalue weighted by molar-refractivity contribution is 14.1. The number of nitrogens with one attached hydrogen (secondary N) is 1. The van der Waals surface area contributed by atoms with Gasteiger partial charge in [0.25, 0.3) is 0 Å². The molecule has 2 aromatic heterocycles. The number of hydrogen-bond acceptors (Lipinski definition) is 4. The van der Waals surface area contributed by atoms with Crippen LogP contribution in [0.15, 0.2) is 17.5 Å². The summed E-state index contributed by atoms with van der Waals surface area (Å²) in [6.45, 7) is 7.59. The molecule has 0 aromatic carbocycles. The monoisotopic (exact) mass is 415 g/mol. The Bertz CT molecular complexity index is 567. The number of thiophene rings is 1. The number of anilines is 1. The Balaban J connectivity index is 2.30. The second kappa shape index (κ2) is 8.08. The minimum atomic E-state index is 0.599. The van der Waals surface area contributed by atoms with Gasteiger partial charge in [0.2, 0.25) is 0 Å². The Labute approximate surface area is 144 Å². The third-order valence-corrected chi connectivity index (χ3v) is 5.03. The first kappa shape index (κ1) is 16.7. The summed E-state index contributed by atoms with van der Waals surface area (Å²) in [5.41, 5.74) is 1.17. The minimum absolute atomic E-state index is 0.599. The van der Waals surface area contributed by atoms with Crippen LogP contribution in [0.3, 0.4) is 0 Å². The van der Waals surface area contributed by atoms with Gasteiger partial charge in [-0.05, 0) is 52.8 Å². The largest absolute Gasteiger partial charge is 0.369 e. The van der Waals surface area contributed by atoms with Crippen LogP contribution < -0.4 is 5.32 Å². The van der Waals surface area contributed by atoms with Crippen LogP contribution in [0.25, 0.3) is 0 Å². The number of halogens is 1. The van der Waals surface area contributed by atoms with E-state index in [9.17, 15) is 0 Å². The zero-order valence-electron chi connectivity index (χ0n) is 12.8. The molecule has 2 rings (SSSR count). The SMILES string of the molecule is CCCNc1nc(Cc2cccs2)nc(CC(C)C)c1I. The summed E-state index contributed by atoms with van der Waals surface area (Å²) in [6.07, 6.45) is 2.92. The van der Waals surface area contributed by atoms with Crippen molar-refractivity contribution in [3.05, 3.63) is 37.5 Å². The Morgan fingerprint density at radius 2 is 2.14 bits per heavy atom. The van der Waals surface area contributed by atoms with Gasteiger partial charge in [-0.1, -0.05) is 26.8 Å². The highest BCUT2D eigenvalue weighted by Crippen LogP contribution is 2.23. The molecule has 21 heavy (non-hydrogen) atoms. The van der Waals surface area contributed by atoms with Gasteiger partial charge in [0, 0.05) is 17.8 Å². The molecule has 0 amide bonds. The van der Waals surface area contributed by atoms with Crippen LogP contribution in [0, 0.1) is 9.49 Å².